The minimum absolute atomic E-state index is 0.0651. The summed E-state index contributed by atoms with van der Waals surface area (Å²) >= 11 is 1.47. The van der Waals surface area contributed by atoms with Gasteiger partial charge in [0.2, 0.25) is 5.91 Å². The van der Waals surface area contributed by atoms with Gasteiger partial charge < -0.3 is 5.32 Å². The van der Waals surface area contributed by atoms with Crippen molar-refractivity contribution in [2.24, 2.45) is 0 Å². The van der Waals surface area contributed by atoms with E-state index in [2.05, 4.69) is 17.2 Å². The molecule has 1 amide bonds. The predicted molar refractivity (Wildman–Crippen MR) is 106 cm³/mol. The third kappa shape index (κ3) is 5.55. The van der Waals surface area contributed by atoms with Crippen LogP contribution in [-0.4, -0.2) is 12.5 Å². The van der Waals surface area contributed by atoms with Gasteiger partial charge in [0.25, 0.3) is 0 Å². The van der Waals surface area contributed by atoms with E-state index in [4.69, 9.17) is 5.26 Å². The molecule has 4 heteroatoms. The predicted octanol–water partition coefficient (Wildman–Crippen LogP) is 4.26. The van der Waals surface area contributed by atoms with Crippen LogP contribution in [0.5, 0.6) is 0 Å². The van der Waals surface area contributed by atoms with Gasteiger partial charge in [0.15, 0.2) is 0 Å². The van der Waals surface area contributed by atoms with E-state index in [0.29, 0.717) is 6.54 Å². The molecule has 0 heterocycles. The lowest BCUT2D eigenvalue weighted by Gasteiger charge is -2.23. The molecule has 0 spiro atoms. The van der Waals surface area contributed by atoms with Gasteiger partial charge in [-0.1, -0.05) is 53.9 Å². The Kier molecular flexibility index (Phi) is 7.09. The first-order valence-corrected chi connectivity index (χ1v) is 9.06. The minimum atomic E-state index is -0.653. The largest absolute Gasteiger partial charge is 0.344 e. The number of carbonyl (C=O) groups is 1. The van der Waals surface area contributed by atoms with E-state index in [1.54, 1.807) is 5.41 Å². The lowest BCUT2D eigenvalue weighted by molar-refractivity contribution is -0.125. The molecule has 0 aliphatic rings. The minimum Gasteiger partial charge on any atom is -0.344 e. The first-order chi connectivity index (χ1) is 12.5. The van der Waals surface area contributed by atoms with E-state index in [-0.39, 0.29) is 5.91 Å². The molecule has 0 saturated carbocycles. The Balaban J connectivity index is 1.95. The number of hydrogen-bond donors (Lipinski definition) is 1. The second-order valence-corrected chi connectivity index (χ2v) is 7.03. The molecule has 2 rings (SSSR count). The van der Waals surface area contributed by atoms with E-state index in [0.717, 1.165) is 16.0 Å². The molecule has 0 saturated heterocycles. The van der Waals surface area contributed by atoms with Crippen molar-refractivity contribution < 1.29 is 4.79 Å². The molecular formula is C22H20N2OS. The van der Waals surface area contributed by atoms with Crippen LogP contribution in [0.15, 0.2) is 71.0 Å². The molecule has 0 atom stereocenters. The monoisotopic (exact) mass is 360 g/mol. The maximum atomic E-state index is 12.5. The summed E-state index contributed by atoms with van der Waals surface area (Å²) in [5.74, 6) is 5.94. The number of nitrogens with zero attached hydrogens (tertiary/aromatic N) is 1. The van der Waals surface area contributed by atoms with Crippen molar-refractivity contribution in [3.63, 3.8) is 0 Å². The molecule has 0 radical (unpaired) electrons. The van der Waals surface area contributed by atoms with Crippen LogP contribution in [0.25, 0.3) is 0 Å². The van der Waals surface area contributed by atoms with Gasteiger partial charge in [-0.3, -0.25) is 4.79 Å². The molecule has 0 fully saturated rings. The van der Waals surface area contributed by atoms with E-state index in [1.807, 2.05) is 74.5 Å². The number of amides is 1. The molecule has 0 unspecified atom stereocenters. The van der Waals surface area contributed by atoms with Crippen LogP contribution in [0.1, 0.15) is 25.0 Å². The molecule has 2 aromatic rings. The van der Waals surface area contributed by atoms with Crippen molar-refractivity contribution in [3.8, 4) is 17.9 Å². The number of benzene rings is 2. The lowest BCUT2D eigenvalue weighted by Crippen LogP contribution is -2.40. The summed E-state index contributed by atoms with van der Waals surface area (Å²) < 4.78 is 0. The Bertz CT molecular complexity index is 866. The van der Waals surface area contributed by atoms with E-state index in [9.17, 15) is 4.79 Å². The summed E-state index contributed by atoms with van der Waals surface area (Å²) in [7, 11) is 0. The van der Waals surface area contributed by atoms with Crippen molar-refractivity contribution in [1.82, 2.24) is 5.32 Å². The van der Waals surface area contributed by atoms with Crippen LogP contribution in [-0.2, 0) is 10.2 Å². The zero-order valence-electron chi connectivity index (χ0n) is 14.8. The topological polar surface area (TPSA) is 52.9 Å². The highest BCUT2D eigenvalue weighted by Gasteiger charge is 2.29. The molecule has 2 aromatic carbocycles. The van der Waals surface area contributed by atoms with Gasteiger partial charge in [-0.2, -0.15) is 5.26 Å². The fourth-order valence-corrected chi connectivity index (χ4v) is 2.82. The third-order valence-electron chi connectivity index (χ3n) is 3.83. The first-order valence-electron chi connectivity index (χ1n) is 8.18. The van der Waals surface area contributed by atoms with Crippen molar-refractivity contribution in [3.05, 3.63) is 77.2 Å². The lowest BCUT2D eigenvalue weighted by atomic mass is 9.84. The van der Waals surface area contributed by atoms with E-state index < -0.39 is 5.41 Å². The Hall–Kier alpha value is -2.95. The molecular weight excluding hydrogens is 340 g/mol. The normalized spacial score (nSPS) is 10.7. The Morgan fingerprint density at radius 1 is 1.15 bits per heavy atom. The zero-order chi connectivity index (χ0) is 18.8. The Morgan fingerprint density at radius 2 is 1.85 bits per heavy atom. The first kappa shape index (κ1) is 19.4. The van der Waals surface area contributed by atoms with Gasteiger partial charge in [-0.05, 0) is 49.1 Å². The highest BCUT2D eigenvalue weighted by atomic mass is 32.2. The van der Waals surface area contributed by atoms with E-state index in [1.165, 1.54) is 17.8 Å². The van der Waals surface area contributed by atoms with Gasteiger partial charge in [-0.25, -0.2) is 0 Å². The van der Waals surface area contributed by atoms with Crippen molar-refractivity contribution in [2.45, 2.75) is 24.2 Å². The SMILES string of the molecule is CC(C)(C(=O)NCC#Cc1ccccc1)c1ccc(S/C=C/C#N)cc1. The van der Waals surface area contributed by atoms with Crippen LogP contribution in [0.2, 0.25) is 0 Å². The number of rotatable bonds is 5. The van der Waals surface area contributed by atoms with Crippen LogP contribution < -0.4 is 5.32 Å². The summed E-state index contributed by atoms with van der Waals surface area (Å²) in [6, 6.07) is 19.4. The number of thioether (sulfide) groups is 1. The molecule has 3 nitrogen and oxygen atoms in total. The third-order valence-corrected chi connectivity index (χ3v) is 4.65. The number of hydrogen-bond acceptors (Lipinski definition) is 3. The van der Waals surface area contributed by atoms with Crippen LogP contribution in [0.3, 0.4) is 0 Å². The molecule has 0 bridgehead atoms. The zero-order valence-corrected chi connectivity index (χ0v) is 15.6. The van der Waals surface area contributed by atoms with Gasteiger partial charge in [-0.15, -0.1) is 0 Å². The Labute approximate surface area is 159 Å². The molecule has 0 aromatic heterocycles. The second kappa shape index (κ2) is 9.51. The fraction of sp³-hybridized carbons (Fsp3) is 0.182. The maximum Gasteiger partial charge on any atom is 0.230 e. The number of carbonyl (C=O) groups excluding carboxylic acids is 1. The standard InChI is InChI=1S/C22H20N2OS/c1-22(2,19-11-13-20(14-12-19)26-17-7-15-23)21(25)24-16-6-10-18-8-4-3-5-9-18/h3-5,7-9,11-14,17H,16H2,1-2H3,(H,24,25)/b17-7+. The summed E-state index contributed by atoms with van der Waals surface area (Å²) in [6.45, 7) is 4.10. The average molecular weight is 360 g/mol. The number of nitriles is 1. The quantitative estimate of drug-likeness (QED) is 0.492. The number of allylic oxidation sites excluding steroid dienone is 1. The fourth-order valence-electron chi connectivity index (χ4n) is 2.24. The maximum absolute atomic E-state index is 12.5. The molecule has 26 heavy (non-hydrogen) atoms. The summed E-state index contributed by atoms with van der Waals surface area (Å²) in [5, 5.41) is 13.1. The molecule has 0 aliphatic heterocycles. The summed E-state index contributed by atoms with van der Waals surface area (Å²) in [6.07, 6.45) is 1.44. The van der Waals surface area contributed by atoms with Crippen LogP contribution in [0.4, 0.5) is 0 Å². The highest BCUT2D eigenvalue weighted by Crippen LogP contribution is 2.27. The van der Waals surface area contributed by atoms with Crippen molar-refractivity contribution >= 4 is 17.7 Å². The molecule has 1 N–H and O–H groups in total. The second-order valence-electron chi connectivity index (χ2n) is 6.05. The summed E-state index contributed by atoms with van der Waals surface area (Å²) in [5.41, 5.74) is 1.21. The summed E-state index contributed by atoms with van der Waals surface area (Å²) in [4.78, 5) is 13.6. The highest BCUT2D eigenvalue weighted by molar-refractivity contribution is 8.02. The smallest absolute Gasteiger partial charge is 0.230 e. The Morgan fingerprint density at radius 3 is 2.50 bits per heavy atom. The van der Waals surface area contributed by atoms with Crippen molar-refractivity contribution in [1.29, 1.82) is 5.26 Å². The van der Waals surface area contributed by atoms with Gasteiger partial charge in [0, 0.05) is 16.5 Å². The number of nitrogens with one attached hydrogen (secondary N) is 1. The van der Waals surface area contributed by atoms with Crippen LogP contribution in [0, 0.1) is 23.2 Å². The van der Waals surface area contributed by atoms with Crippen molar-refractivity contribution in [2.75, 3.05) is 6.54 Å². The van der Waals surface area contributed by atoms with Crippen LogP contribution >= 0.6 is 11.8 Å². The van der Waals surface area contributed by atoms with Gasteiger partial charge in [0.1, 0.15) is 0 Å². The van der Waals surface area contributed by atoms with E-state index >= 15 is 0 Å². The molecule has 130 valence electrons. The van der Waals surface area contributed by atoms with Gasteiger partial charge >= 0.3 is 0 Å². The van der Waals surface area contributed by atoms with Gasteiger partial charge in [0.05, 0.1) is 18.0 Å². The average Bonchev–Trinajstić information content (AvgIpc) is 2.66. The molecule has 0 aliphatic carbocycles.